The highest BCUT2D eigenvalue weighted by Gasteiger charge is 2.16. The molecule has 1 aromatic carbocycles. The largest absolute Gasteiger partial charge is 0.493 e. The van der Waals surface area contributed by atoms with E-state index < -0.39 is 0 Å². The van der Waals surface area contributed by atoms with E-state index in [1.807, 2.05) is 19.1 Å². The molecule has 88 valence electrons. The van der Waals surface area contributed by atoms with Gasteiger partial charge < -0.3 is 14.6 Å². The molecule has 4 nitrogen and oxygen atoms in total. The highest BCUT2D eigenvalue weighted by Crippen LogP contribution is 2.38. The molecule has 0 radical (unpaired) electrons. The number of hydrogen-bond acceptors (Lipinski definition) is 5. The Morgan fingerprint density at radius 1 is 1.24 bits per heavy atom. The Labute approximate surface area is 102 Å². The first-order valence-electron chi connectivity index (χ1n) is 5.29. The number of aromatic nitrogens is 1. The normalized spacial score (nSPS) is 13.7. The molecule has 0 bridgehead atoms. The SMILES string of the molecule is Cc1cc2c(cc1-c1nc(O)cs1)OCCO2. The molecular weight excluding hydrogens is 238 g/mol. The van der Waals surface area contributed by atoms with Gasteiger partial charge in [-0.1, -0.05) is 0 Å². The zero-order valence-corrected chi connectivity index (χ0v) is 10.1. The van der Waals surface area contributed by atoms with Crippen LogP contribution in [0.1, 0.15) is 5.56 Å². The van der Waals surface area contributed by atoms with E-state index >= 15 is 0 Å². The maximum Gasteiger partial charge on any atom is 0.222 e. The molecule has 3 rings (SSSR count). The summed E-state index contributed by atoms with van der Waals surface area (Å²) in [6.07, 6.45) is 0. The van der Waals surface area contributed by atoms with Crippen LogP contribution in [0.2, 0.25) is 0 Å². The molecule has 2 aromatic rings. The third-order valence-electron chi connectivity index (χ3n) is 2.61. The van der Waals surface area contributed by atoms with Gasteiger partial charge in [-0.2, -0.15) is 0 Å². The molecule has 5 heteroatoms. The van der Waals surface area contributed by atoms with Gasteiger partial charge in [0.15, 0.2) is 11.5 Å². The van der Waals surface area contributed by atoms with E-state index in [1.165, 1.54) is 11.3 Å². The van der Waals surface area contributed by atoms with Gasteiger partial charge >= 0.3 is 0 Å². The van der Waals surface area contributed by atoms with Crippen LogP contribution in [0.25, 0.3) is 10.6 Å². The van der Waals surface area contributed by atoms with Crippen LogP contribution >= 0.6 is 11.3 Å². The monoisotopic (exact) mass is 249 g/mol. The minimum Gasteiger partial charge on any atom is -0.493 e. The van der Waals surface area contributed by atoms with Crippen LogP contribution < -0.4 is 9.47 Å². The quantitative estimate of drug-likeness (QED) is 0.844. The number of benzene rings is 1. The first kappa shape index (κ1) is 10.4. The predicted molar refractivity (Wildman–Crippen MR) is 64.9 cm³/mol. The summed E-state index contributed by atoms with van der Waals surface area (Å²) in [5.74, 6) is 1.57. The first-order valence-corrected chi connectivity index (χ1v) is 6.17. The third-order valence-corrected chi connectivity index (χ3v) is 3.47. The summed E-state index contributed by atoms with van der Waals surface area (Å²) in [6.45, 7) is 3.15. The molecule has 1 N–H and O–H groups in total. The fourth-order valence-electron chi connectivity index (χ4n) is 1.81. The summed E-state index contributed by atoms with van der Waals surface area (Å²) in [6, 6.07) is 3.87. The van der Waals surface area contributed by atoms with E-state index in [0.717, 1.165) is 27.6 Å². The minimum atomic E-state index is 0.0549. The van der Waals surface area contributed by atoms with Gasteiger partial charge in [-0.25, -0.2) is 4.98 Å². The standard InChI is InChI=1S/C12H11NO3S/c1-7-4-9-10(16-3-2-15-9)5-8(7)12-13-11(14)6-17-12/h4-6,14H,2-3H2,1H3. The van der Waals surface area contributed by atoms with Gasteiger partial charge in [0.25, 0.3) is 0 Å². The van der Waals surface area contributed by atoms with E-state index in [0.29, 0.717) is 13.2 Å². The lowest BCUT2D eigenvalue weighted by Gasteiger charge is -2.19. The second-order valence-corrected chi connectivity index (χ2v) is 4.68. The van der Waals surface area contributed by atoms with Crippen LogP contribution in [0.4, 0.5) is 0 Å². The molecule has 0 saturated heterocycles. The zero-order chi connectivity index (χ0) is 11.8. The highest BCUT2D eigenvalue weighted by atomic mass is 32.1. The minimum absolute atomic E-state index is 0.0549. The lowest BCUT2D eigenvalue weighted by Crippen LogP contribution is -2.15. The summed E-state index contributed by atoms with van der Waals surface area (Å²) < 4.78 is 11.0. The van der Waals surface area contributed by atoms with Gasteiger partial charge in [0.1, 0.15) is 18.2 Å². The van der Waals surface area contributed by atoms with Crippen molar-refractivity contribution in [2.45, 2.75) is 6.92 Å². The van der Waals surface area contributed by atoms with Crippen LogP contribution in [-0.2, 0) is 0 Å². The smallest absolute Gasteiger partial charge is 0.222 e. The topological polar surface area (TPSA) is 51.6 Å². The molecule has 17 heavy (non-hydrogen) atoms. The van der Waals surface area contributed by atoms with Crippen LogP contribution in [0.5, 0.6) is 17.4 Å². The van der Waals surface area contributed by atoms with Gasteiger partial charge in [0.2, 0.25) is 5.88 Å². The van der Waals surface area contributed by atoms with Gasteiger partial charge in [-0.05, 0) is 24.6 Å². The number of rotatable bonds is 1. The molecule has 0 fully saturated rings. The lowest BCUT2D eigenvalue weighted by atomic mass is 10.1. The fraction of sp³-hybridized carbons (Fsp3) is 0.250. The van der Waals surface area contributed by atoms with Gasteiger partial charge in [0.05, 0.1) is 5.38 Å². The molecule has 0 saturated carbocycles. The Kier molecular flexibility index (Phi) is 2.40. The molecule has 0 unspecified atom stereocenters. The van der Waals surface area contributed by atoms with Crippen molar-refractivity contribution in [2.75, 3.05) is 13.2 Å². The second-order valence-electron chi connectivity index (χ2n) is 3.82. The third kappa shape index (κ3) is 1.82. The molecule has 1 aliphatic heterocycles. The molecule has 1 aliphatic rings. The molecule has 2 heterocycles. The lowest BCUT2D eigenvalue weighted by molar-refractivity contribution is 0.171. The van der Waals surface area contributed by atoms with E-state index in [4.69, 9.17) is 9.47 Å². The molecule has 0 aliphatic carbocycles. The van der Waals surface area contributed by atoms with Crippen molar-refractivity contribution >= 4 is 11.3 Å². The van der Waals surface area contributed by atoms with E-state index in [-0.39, 0.29) is 5.88 Å². The Balaban J connectivity index is 2.11. The van der Waals surface area contributed by atoms with Crippen molar-refractivity contribution in [2.24, 2.45) is 0 Å². The predicted octanol–water partition coefficient (Wildman–Crippen LogP) is 2.60. The van der Waals surface area contributed by atoms with Crippen molar-refractivity contribution in [3.8, 4) is 28.0 Å². The summed E-state index contributed by atoms with van der Waals surface area (Å²) in [5.41, 5.74) is 2.03. The Morgan fingerprint density at radius 3 is 2.59 bits per heavy atom. The number of hydrogen-bond donors (Lipinski definition) is 1. The van der Waals surface area contributed by atoms with Gasteiger partial charge in [0, 0.05) is 5.56 Å². The van der Waals surface area contributed by atoms with Crippen LogP contribution in [0.3, 0.4) is 0 Å². The van der Waals surface area contributed by atoms with Crippen LogP contribution in [0, 0.1) is 6.92 Å². The van der Waals surface area contributed by atoms with Crippen molar-refractivity contribution in [3.63, 3.8) is 0 Å². The number of nitrogens with zero attached hydrogens (tertiary/aromatic N) is 1. The number of ether oxygens (including phenoxy) is 2. The molecular formula is C12H11NO3S. The molecule has 0 spiro atoms. The highest BCUT2D eigenvalue weighted by molar-refractivity contribution is 7.13. The number of aryl methyl sites for hydroxylation is 1. The van der Waals surface area contributed by atoms with Crippen molar-refractivity contribution in [1.29, 1.82) is 0 Å². The van der Waals surface area contributed by atoms with E-state index in [2.05, 4.69) is 4.98 Å². The average Bonchev–Trinajstić information content (AvgIpc) is 2.75. The molecule has 0 amide bonds. The molecule has 1 aromatic heterocycles. The van der Waals surface area contributed by atoms with Crippen molar-refractivity contribution in [1.82, 2.24) is 4.98 Å². The average molecular weight is 249 g/mol. The Hall–Kier alpha value is -1.75. The van der Waals surface area contributed by atoms with Gasteiger partial charge in [-0.3, -0.25) is 0 Å². The van der Waals surface area contributed by atoms with E-state index in [1.54, 1.807) is 5.38 Å². The zero-order valence-electron chi connectivity index (χ0n) is 9.27. The number of aromatic hydroxyl groups is 1. The maximum atomic E-state index is 9.29. The van der Waals surface area contributed by atoms with Gasteiger partial charge in [-0.15, -0.1) is 11.3 Å². The summed E-state index contributed by atoms with van der Waals surface area (Å²) >= 11 is 1.41. The van der Waals surface area contributed by atoms with Crippen LogP contribution in [-0.4, -0.2) is 23.3 Å². The first-order chi connectivity index (χ1) is 8.24. The number of thiazole rings is 1. The Bertz CT molecular complexity index is 565. The Morgan fingerprint density at radius 2 is 1.94 bits per heavy atom. The molecule has 0 atom stereocenters. The fourth-order valence-corrected chi connectivity index (χ4v) is 2.57. The summed E-state index contributed by atoms with van der Waals surface area (Å²) in [4.78, 5) is 4.07. The summed E-state index contributed by atoms with van der Waals surface area (Å²) in [5, 5.41) is 11.7. The van der Waals surface area contributed by atoms with E-state index in [9.17, 15) is 5.11 Å². The second kappa shape index (κ2) is 3.92. The van der Waals surface area contributed by atoms with Crippen molar-refractivity contribution in [3.05, 3.63) is 23.1 Å². The number of fused-ring (bicyclic) bond motifs is 1. The summed E-state index contributed by atoms with van der Waals surface area (Å²) in [7, 11) is 0. The maximum absolute atomic E-state index is 9.29. The van der Waals surface area contributed by atoms with Crippen molar-refractivity contribution < 1.29 is 14.6 Å². The van der Waals surface area contributed by atoms with Crippen LogP contribution in [0.15, 0.2) is 17.5 Å².